The molecule has 1 aliphatic carbocycles. The highest BCUT2D eigenvalue weighted by Crippen LogP contribution is 2.30. The van der Waals surface area contributed by atoms with Crippen LogP contribution in [0.2, 0.25) is 0 Å². The van der Waals surface area contributed by atoms with E-state index in [1.165, 1.54) is 11.1 Å². The zero-order valence-electron chi connectivity index (χ0n) is 9.12. The van der Waals surface area contributed by atoms with Crippen LogP contribution in [0.3, 0.4) is 0 Å². The summed E-state index contributed by atoms with van der Waals surface area (Å²) in [6.45, 7) is 3.71. The minimum absolute atomic E-state index is 0. The van der Waals surface area contributed by atoms with Crippen molar-refractivity contribution in [2.75, 3.05) is 0 Å². The van der Waals surface area contributed by atoms with Gasteiger partial charge in [-0.3, -0.25) is 9.78 Å². The molecule has 0 radical (unpaired) electrons. The number of halogens is 1. The molecular weight excluding hydrogens is 210 g/mol. The van der Waals surface area contributed by atoms with Crippen molar-refractivity contribution >= 4 is 18.2 Å². The van der Waals surface area contributed by atoms with Gasteiger partial charge in [-0.05, 0) is 44.2 Å². The van der Waals surface area contributed by atoms with Crippen molar-refractivity contribution < 1.29 is 4.79 Å². The number of nitrogens with zero attached hydrogens (tertiary/aromatic N) is 1. The fourth-order valence-corrected chi connectivity index (χ4v) is 2.18. The van der Waals surface area contributed by atoms with Crippen molar-refractivity contribution in [3.05, 3.63) is 29.1 Å². The Labute approximate surface area is 96.5 Å². The Hall–Kier alpha value is -0.890. The van der Waals surface area contributed by atoms with Gasteiger partial charge in [0.15, 0.2) is 0 Å². The number of carbonyl (C=O) groups is 1. The number of fused-ring (bicyclic) bond motifs is 1. The number of hydrogen-bond acceptors (Lipinski definition) is 2. The molecule has 0 amide bonds. The number of aromatic nitrogens is 1. The number of Topliss-reactive ketones (excluding diaryl/α,β-unsaturated/α-hetero) is 1. The van der Waals surface area contributed by atoms with Gasteiger partial charge in [0.2, 0.25) is 0 Å². The summed E-state index contributed by atoms with van der Waals surface area (Å²) in [5, 5.41) is 0. The van der Waals surface area contributed by atoms with Gasteiger partial charge in [0.05, 0.1) is 11.6 Å². The van der Waals surface area contributed by atoms with E-state index in [0.29, 0.717) is 0 Å². The van der Waals surface area contributed by atoms with E-state index < -0.39 is 0 Å². The highest BCUT2D eigenvalue weighted by atomic mass is 35.5. The molecule has 1 heterocycles. The number of carbonyl (C=O) groups excluding carboxylic acids is 1. The molecule has 1 aromatic rings. The Morgan fingerprint density at radius 3 is 2.93 bits per heavy atom. The lowest BCUT2D eigenvalue weighted by Crippen LogP contribution is -2.17. The first kappa shape index (κ1) is 12.2. The lowest BCUT2D eigenvalue weighted by atomic mass is 9.84. The van der Waals surface area contributed by atoms with E-state index in [9.17, 15) is 4.79 Å². The van der Waals surface area contributed by atoms with Crippen LogP contribution in [0.15, 0.2) is 12.3 Å². The minimum Gasteiger partial charge on any atom is -0.299 e. The van der Waals surface area contributed by atoms with E-state index in [2.05, 4.69) is 11.1 Å². The average molecular weight is 226 g/mol. The predicted molar refractivity (Wildman–Crippen MR) is 62.6 cm³/mol. The Morgan fingerprint density at radius 2 is 2.27 bits per heavy atom. The Morgan fingerprint density at radius 1 is 1.53 bits per heavy atom. The van der Waals surface area contributed by atoms with Crippen LogP contribution < -0.4 is 0 Å². The highest BCUT2D eigenvalue weighted by molar-refractivity contribution is 5.85. The fourth-order valence-electron chi connectivity index (χ4n) is 2.18. The highest BCUT2D eigenvalue weighted by Gasteiger charge is 2.24. The van der Waals surface area contributed by atoms with Crippen LogP contribution in [0.4, 0.5) is 0 Å². The van der Waals surface area contributed by atoms with Gasteiger partial charge in [-0.2, -0.15) is 0 Å². The zero-order valence-corrected chi connectivity index (χ0v) is 9.93. The smallest absolute Gasteiger partial charge is 0.138 e. The van der Waals surface area contributed by atoms with Crippen LogP contribution in [0.25, 0.3) is 0 Å². The van der Waals surface area contributed by atoms with Crippen LogP contribution in [0.1, 0.15) is 42.5 Å². The standard InChI is InChI=1S/C12H15NO.ClH/c1-8-6-10-4-3-5-11(9(2)14)12(10)13-7-8;/h6-7,11H,3-5H2,1-2H3;1H. The molecule has 0 bridgehead atoms. The van der Waals surface area contributed by atoms with E-state index in [1.54, 1.807) is 6.92 Å². The summed E-state index contributed by atoms with van der Waals surface area (Å²) in [6, 6.07) is 2.16. The largest absolute Gasteiger partial charge is 0.299 e. The quantitative estimate of drug-likeness (QED) is 0.736. The molecule has 3 heteroatoms. The van der Waals surface area contributed by atoms with Gasteiger partial charge in [-0.1, -0.05) is 6.07 Å². The molecule has 0 fully saturated rings. The lowest BCUT2D eigenvalue weighted by molar-refractivity contribution is -0.118. The second kappa shape index (κ2) is 4.75. The van der Waals surface area contributed by atoms with E-state index in [1.807, 2.05) is 13.1 Å². The molecule has 1 unspecified atom stereocenters. The van der Waals surface area contributed by atoms with Crippen molar-refractivity contribution in [3.63, 3.8) is 0 Å². The van der Waals surface area contributed by atoms with Gasteiger partial charge >= 0.3 is 0 Å². The van der Waals surface area contributed by atoms with Gasteiger partial charge < -0.3 is 0 Å². The summed E-state index contributed by atoms with van der Waals surface area (Å²) in [5.74, 6) is 0.307. The second-order valence-electron chi connectivity index (χ2n) is 4.11. The summed E-state index contributed by atoms with van der Waals surface area (Å²) in [7, 11) is 0. The number of aryl methyl sites for hydroxylation is 2. The van der Waals surface area contributed by atoms with Crippen molar-refractivity contribution in [1.82, 2.24) is 4.98 Å². The Kier molecular flexibility index (Phi) is 3.86. The predicted octanol–water partition coefficient (Wildman–Crippen LogP) is 2.82. The fraction of sp³-hybridized carbons (Fsp3) is 0.500. The van der Waals surface area contributed by atoms with E-state index in [0.717, 1.165) is 25.0 Å². The number of ketones is 1. The number of hydrogen-bond donors (Lipinski definition) is 0. The van der Waals surface area contributed by atoms with Crippen LogP contribution in [0.5, 0.6) is 0 Å². The van der Waals surface area contributed by atoms with E-state index in [-0.39, 0.29) is 24.1 Å². The molecule has 0 N–H and O–H groups in total. The molecule has 2 nitrogen and oxygen atoms in total. The molecule has 82 valence electrons. The van der Waals surface area contributed by atoms with Gasteiger partial charge in [0, 0.05) is 6.20 Å². The Balaban J connectivity index is 0.00000112. The number of pyridine rings is 1. The first-order chi connectivity index (χ1) is 6.68. The van der Waals surface area contributed by atoms with Gasteiger partial charge in [-0.25, -0.2) is 0 Å². The van der Waals surface area contributed by atoms with Crippen molar-refractivity contribution in [2.24, 2.45) is 0 Å². The molecule has 0 spiro atoms. The maximum atomic E-state index is 11.4. The molecule has 1 aliphatic rings. The summed E-state index contributed by atoms with van der Waals surface area (Å²) < 4.78 is 0. The molecule has 2 rings (SSSR count). The molecule has 0 saturated heterocycles. The SMILES string of the molecule is CC(=O)C1CCCc2cc(C)cnc21.Cl. The molecule has 0 aromatic carbocycles. The first-order valence-corrected chi connectivity index (χ1v) is 5.14. The van der Waals surface area contributed by atoms with Crippen molar-refractivity contribution in [1.29, 1.82) is 0 Å². The summed E-state index contributed by atoms with van der Waals surface area (Å²) in [5.41, 5.74) is 3.48. The summed E-state index contributed by atoms with van der Waals surface area (Å²) >= 11 is 0. The molecule has 15 heavy (non-hydrogen) atoms. The summed E-state index contributed by atoms with van der Waals surface area (Å²) in [6.07, 6.45) is 5.02. The molecule has 1 aromatic heterocycles. The lowest BCUT2D eigenvalue weighted by Gasteiger charge is -2.22. The van der Waals surface area contributed by atoms with Crippen molar-refractivity contribution in [2.45, 2.75) is 39.0 Å². The third kappa shape index (κ3) is 2.37. The van der Waals surface area contributed by atoms with Gasteiger partial charge in [-0.15, -0.1) is 12.4 Å². The van der Waals surface area contributed by atoms with E-state index in [4.69, 9.17) is 0 Å². The average Bonchev–Trinajstić information content (AvgIpc) is 2.16. The molecular formula is C12H16ClNO. The van der Waals surface area contributed by atoms with Crippen LogP contribution in [-0.2, 0) is 11.2 Å². The van der Waals surface area contributed by atoms with Crippen LogP contribution in [-0.4, -0.2) is 10.8 Å². The monoisotopic (exact) mass is 225 g/mol. The second-order valence-corrected chi connectivity index (χ2v) is 4.11. The van der Waals surface area contributed by atoms with Gasteiger partial charge in [0.25, 0.3) is 0 Å². The van der Waals surface area contributed by atoms with Gasteiger partial charge in [0.1, 0.15) is 5.78 Å². The first-order valence-electron chi connectivity index (χ1n) is 5.14. The van der Waals surface area contributed by atoms with E-state index >= 15 is 0 Å². The minimum atomic E-state index is 0. The molecule has 0 saturated carbocycles. The maximum absolute atomic E-state index is 11.4. The zero-order chi connectivity index (χ0) is 10.1. The van der Waals surface area contributed by atoms with Crippen molar-refractivity contribution in [3.8, 4) is 0 Å². The molecule has 0 aliphatic heterocycles. The maximum Gasteiger partial charge on any atom is 0.138 e. The number of rotatable bonds is 1. The van der Waals surface area contributed by atoms with Crippen LogP contribution >= 0.6 is 12.4 Å². The third-order valence-electron chi connectivity index (χ3n) is 2.90. The molecule has 1 atom stereocenters. The van der Waals surface area contributed by atoms with Crippen LogP contribution in [0, 0.1) is 6.92 Å². The third-order valence-corrected chi connectivity index (χ3v) is 2.90. The topological polar surface area (TPSA) is 30.0 Å². The normalized spacial score (nSPS) is 18.9. The summed E-state index contributed by atoms with van der Waals surface area (Å²) in [4.78, 5) is 15.8. The Bertz CT molecular complexity index is 376.